The third kappa shape index (κ3) is 6.53. The van der Waals surface area contributed by atoms with Gasteiger partial charge in [-0.05, 0) is 38.8 Å². The zero-order chi connectivity index (χ0) is 12.4. The molecule has 15 heavy (non-hydrogen) atoms. The van der Waals surface area contributed by atoms with Gasteiger partial charge in [-0.15, -0.1) is 0 Å². The van der Waals surface area contributed by atoms with E-state index in [-0.39, 0.29) is 0 Å². The van der Waals surface area contributed by atoms with Crippen LogP contribution in [0.15, 0.2) is 22.3 Å². The normalized spacial score (nSPS) is 19.3. The number of halogens is 4. The number of hydrogen-bond acceptors (Lipinski definition) is 0. The number of hydrogen-bond donors (Lipinski definition) is 0. The van der Waals surface area contributed by atoms with Crippen molar-refractivity contribution in [1.29, 1.82) is 0 Å². The fourth-order valence-electron chi connectivity index (χ4n) is 1.41. The molecule has 0 N–H and O–H groups in total. The molecule has 0 aliphatic heterocycles. The van der Waals surface area contributed by atoms with Gasteiger partial charge < -0.3 is 0 Å². The molecule has 5 heteroatoms. The summed E-state index contributed by atoms with van der Waals surface area (Å²) in [6, 6.07) is 0. The van der Waals surface area contributed by atoms with Crippen molar-refractivity contribution in [3.05, 3.63) is 28.2 Å². The molecule has 0 atom stereocenters. The Balaban J connectivity index is 0.000000336. The molecule has 1 rings (SSSR count). The second kappa shape index (κ2) is 6.85. The summed E-state index contributed by atoms with van der Waals surface area (Å²) in [4.78, 5) is 0. The van der Waals surface area contributed by atoms with Crippen molar-refractivity contribution in [1.82, 2.24) is 0 Å². The van der Waals surface area contributed by atoms with Crippen molar-refractivity contribution in [2.75, 3.05) is 0 Å². The molecule has 0 aromatic rings. The molecule has 0 bridgehead atoms. The first kappa shape index (κ1) is 17.1. The van der Waals surface area contributed by atoms with Gasteiger partial charge in [0.25, 0.3) is 0 Å². The zero-order valence-corrected chi connectivity index (χ0v) is 18.4. The van der Waals surface area contributed by atoms with Crippen molar-refractivity contribution < 1.29 is 7.47 Å². The van der Waals surface area contributed by atoms with E-state index >= 15 is 0 Å². The summed E-state index contributed by atoms with van der Waals surface area (Å²) >= 11 is 13.3. The van der Waals surface area contributed by atoms with E-state index in [1.54, 1.807) is 0 Å². The predicted octanol–water partition coefficient (Wildman–Crippen LogP) is 6.65. The van der Waals surface area contributed by atoms with Crippen molar-refractivity contribution >= 4 is 53.7 Å². The van der Waals surface area contributed by atoms with E-state index in [0.29, 0.717) is 0 Å². The van der Waals surface area contributed by atoms with Crippen LogP contribution in [-0.2, 0) is 7.47 Å². The van der Waals surface area contributed by atoms with Crippen LogP contribution in [0.4, 0.5) is 0 Å². The first-order valence-corrected chi connectivity index (χ1v) is 28.1. The van der Waals surface area contributed by atoms with Crippen LogP contribution in [0.3, 0.4) is 0 Å². The molecule has 0 aromatic heterocycles. The molecule has 90 valence electrons. The van der Waals surface area contributed by atoms with Gasteiger partial charge in [0.1, 0.15) is 0 Å². The van der Waals surface area contributed by atoms with Gasteiger partial charge in [0.2, 0.25) is 0 Å². The Labute approximate surface area is 122 Å². The van der Waals surface area contributed by atoms with E-state index in [4.69, 9.17) is 0 Å². The van der Waals surface area contributed by atoms with Crippen LogP contribution >= 0.6 is 53.7 Å². The monoisotopic (exact) mass is 638 g/mol. The Kier molecular flexibility index (Phi) is 7.79. The van der Waals surface area contributed by atoms with Crippen LogP contribution in [0.2, 0.25) is 0 Å². The van der Waals surface area contributed by atoms with Gasteiger partial charge in [0.05, 0.1) is 0 Å². The molecule has 0 aromatic carbocycles. The molecule has 1 aliphatic rings. The van der Waals surface area contributed by atoms with Gasteiger partial charge in [-0.25, -0.2) is 0 Å². The Morgan fingerprint density at radius 3 is 0.867 bits per heavy atom. The molecule has 0 nitrogen and oxygen atoms in total. The van der Waals surface area contributed by atoms with Crippen molar-refractivity contribution in [3.63, 3.8) is 0 Å². The fourth-order valence-corrected chi connectivity index (χ4v) is 1.41. The summed E-state index contributed by atoms with van der Waals surface area (Å²) in [6.07, 6.45) is 0. The molecule has 0 fully saturated rings. The summed E-state index contributed by atoms with van der Waals surface area (Å²) in [5.41, 5.74) is 5.87. The third-order valence-corrected chi connectivity index (χ3v) is 2.81. The van der Waals surface area contributed by atoms with E-state index in [0.717, 1.165) is 0 Å². The molecular weight excluding hydrogens is 626 g/mol. The van der Waals surface area contributed by atoms with Gasteiger partial charge in [-0.2, -0.15) is 0 Å². The summed E-state index contributed by atoms with van der Waals surface area (Å²) in [5.74, 6) is 1.47. The molecule has 0 saturated carbocycles. The van der Waals surface area contributed by atoms with Crippen LogP contribution in [0.5, 0.6) is 0 Å². The average Bonchev–Trinajstić information content (AvgIpc) is 2.21. The topological polar surface area (TPSA) is 0 Å². The first-order valence-electron chi connectivity index (χ1n) is 4.32. The average molecular weight is 641 g/mol. The second-order valence-electron chi connectivity index (χ2n) is 3.45. The standard InChI is InChI=1S/C10H15.4BrH.Re/c1-6-7(2)9(4)10(5)8(6)3;;;;;/h1-5H3;4*1H;/q;;;;;+4/p-4. The van der Waals surface area contributed by atoms with Gasteiger partial charge >= 0.3 is 61.2 Å². The molecular formula is C10H15Br4Re. The third-order valence-electron chi connectivity index (χ3n) is 2.81. The Morgan fingerprint density at radius 1 is 0.600 bits per heavy atom. The van der Waals surface area contributed by atoms with Gasteiger partial charge in [0.15, 0.2) is 0 Å². The molecule has 0 spiro atoms. The second-order valence-corrected chi connectivity index (χ2v) is 74.7. The van der Waals surface area contributed by atoms with E-state index in [1.165, 1.54) is 28.2 Å². The van der Waals surface area contributed by atoms with E-state index in [2.05, 4.69) is 88.3 Å². The quantitative estimate of drug-likeness (QED) is 0.278. The van der Waals surface area contributed by atoms with Crippen LogP contribution in [0, 0.1) is 5.92 Å². The summed E-state index contributed by atoms with van der Waals surface area (Å²) in [6.45, 7) is 11.0. The van der Waals surface area contributed by atoms with Crippen LogP contribution in [0.25, 0.3) is 0 Å². The Bertz CT molecular complexity index is 269. The summed E-state index contributed by atoms with van der Waals surface area (Å²) in [7, 11) is -1.86. The minimum absolute atomic E-state index is 1.47. The summed E-state index contributed by atoms with van der Waals surface area (Å²) < 4.78 is 0. The molecule has 1 radical (unpaired) electrons. The molecule has 0 unspecified atom stereocenters. The maximum absolute atomic E-state index is 3.33. The number of rotatable bonds is 0. The van der Waals surface area contributed by atoms with E-state index in [9.17, 15) is 0 Å². The van der Waals surface area contributed by atoms with Gasteiger partial charge in [-0.1, -0.05) is 18.1 Å². The molecule has 1 aliphatic carbocycles. The van der Waals surface area contributed by atoms with Crippen LogP contribution in [0.1, 0.15) is 34.6 Å². The van der Waals surface area contributed by atoms with E-state index in [1.807, 2.05) is 0 Å². The maximum atomic E-state index is 3.33. The van der Waals surface area contributed by atoms with Crippen molar-refractivity contribution in [3.8, 4) is 0 Å². The van der Waals surface area contributed by atoms with Gasteiger partial charge in [-0.3, -0.25) is 0 Å². The molecule has 0 amide bonds. The Morgan fingerprint density at radius 2 is 0.800 bits per heavy atom. The van der Waals surface area contributed by atoms with Crippen LogP contribution in [-0.4, -0.2) is 0 Å². The number of allylic oxidation sites excluding steroid dienone is 4. The Hall–Kier alpha value is 2.06. The molecule has 0 saturated heterocycles. The first-order chi connectivity index (χ1) is 6.55. The summed E-state index contributed by atoms with van der Waals surface area (Å²) in [5, 5.41) is 0. The zero-order valence-electron chi connectivity index (χ0n) is 9.39. The van der Waals surface area contributed by atoms with Crippen molar-refractivity contribution in [2.24, 2.45) is 0 Å². The molecule has 0 heterocycles. The van der Waals surface area contributed by atoms with Gasteiger partial charge in [0, 0.05) is 5.92 Å². The van der Waals surface area contributed by atoms with E-state index < -0.39 is 7.47 Å². The SMILES string of the molecule is C[C]1C(C)=C(C)C(C)=C1C.[Br][Re]([Br])([Br])[Br]. The van der Waals surface area contributed by atoms with Crippen molar-refractivity contribution in [2.45, 2.75) is 34.6 Å². The predicted molar refractivity (Wildman–Crippen MR) is 81.4 cm³/mol. The fraction of sp³-hybridized carbons (Fsp3) is 0.500. The minimum atomic E-state index is -1.86. The van der Waals surface area contributed by atoms with Crippen LogP contribution < -0.4 is 0 Å².